The summed E-state index contributed by atoms with van der Waals surface area (Å²) in [5.41, 5.74) is 0. The van der Waals surface area contributed by atoms with Crippen LogP contribution in [0.5, 0.6) is 0 Å². The molecule has 0 aromatic rings. The molecule has 0 aliphatic rings. The van der Waals surface area contributed by atoms with Crippen LogP contribution in [0, 0.1) is 0 Å². The third kappa shape index (κ3) is 23.3. The monoisotopic (exact) mass is 324 g/mol. The zero-order valence-electron chi connectivity index (χ0n) is 14.3. The van der Waals surface area contributed by atoms with Gasteiger partial charge in [-0.15, -0.1) is 0 Å². The largest absolute Gasteiger partial charge is 1.00 e. The Morgan fingerprint density at radius 1 is 0.714 bits per heavy atom. The van der Waals surface area contributed by atoms with Crippen molar-refractivity contribution in [2.24, 2.45) is 0 Å². The van der Waals surface area contributed by atoms with E-state index in [1.807, 2.05) is 0 Å². The molecule has 0 amide bonds. The fourth-order valence-electron chi connectivity index (χ4n) is 2.45. The second-order valence-corrected chi connectivity index (χ2v) is 5.69. The molecule has 3 nitrogen and oxygen atoms in total. The molecule has 0 rings (SSSR count). The van der Waals surface area contributed by atoms with Crippen LogP contribution in [0.15, 0.2) is 0 Å². The van der Waals surface area contributed by atoms with Crippen molar-refractivity contribution in [1.82, 2.24) is 0 Å². The van der Waals surface area contributed by atoms with Gasteiger partial charge in [-0.2, -0.15) is 0 Å². The summed E-state index contributed by atoms with van der Waals surface area (Å²) in [6, 6.07) is 0. The molecular weight excluding hydrogens is 291 g/mol. The van der Waals surface area contributed by atoms with E-state index in [9.17, 15) is 9.90 Å². The Balaban J connectivity index is 0. The molecule has 120 valence electrons. The first-order valence-electron chi connectivity index (χ1n) is 8.61. The van der Waals surface area contributed by atoms with E-state index in [2.05, 4.69) is 11.7 Å². The summed E-state index contributed by atoms with van der Waals surface area (Å²) in [5.74, 6) is 0. The fourth-order valence-corrected chi connectivity index (χ4v) is 2.45. The number of hydrogen-bond acceptors (Lipinski definition) is 3. The topological polar surface area (TPSA) is 49.4 Å². The SMILES string of the molecule is CCCCCCCCCCCCCCCCOC(=O)[O-].[K+]. The van der Waals surface area contributed by atoms with E-state index in [0.717, 1.165) is 12.8 Å². The Hall–Kier alpha value is 0.906. The normalized spacial score (nSPS) is 10.1. The molecule has 0 aromatic heterocycles. The van der Waals surface area contributed by atoms with Crippen LogP contribution in [0.3, 0.4) is 0 Å². The van der Waals surface area contributed by atoms with Gasteiger partial charge in [-0.05, 0) is 6.42 Å². The summed E-state index contributed by atoms with van der Waals surface area (Å²) in [7, 11) is 0. The molecule has 0 bridgehead atoms. The number of carbonyl (C=O) groups is 1. The minimum atomic E-state index is -1.40. The van der Waals surface area contributed by atoms with Gasteiger partial charge >= 0.3 is 51.4 Å². The predicted octanol–water partition coefficient (Wildman–Crippen LogP) is 1.83. The standard InChI is InChI=1S/C17H34O3.K/c1-2-3-4-5-6-7-8-9-10-11-12-13-14-15-16-20-17(18)19;/h2-16H2,1H3,(H,18,19);/q;+1/p-1. The Labute approximate surface area is 174 Å². The molecule has 0 aliphatic heterocycles. The molecule has 0 aromatic carbocycles. The number of ether oxygens (including phenoxy) is 1. The third-order valence-electron chi connectivity index (χ3n) is 3.72. The van der Waals surface area contributed by atoms with E-state index < -0.39 is 6.16 Å². The van der Waals surface area contributed by atoms with E-state index in [1.165, 1.54) is 77.0 Å². The van der Waals surface area contributed by atoms with Crippen LogP contribution < -0.4 is 56.5 Å². The molecule has 0 atom stereocenters. The number of hydrogen-bond donors (Lipinski definition) is 0. The molecule has 0 radical (unpaired) electrons. The maximum atomic E-state index is 10.00. The average Bonchev–Trinajstić information content (AvgIpc) is 2.43. The quantitative estimate of drug-likeness (QED) is 0.262. The van der Waals surface area contributed by atoms with Gasteiger partial charge < -0.3 is 14.6 Å². The Morgan fingerprint density at radius 3 is 1.38 bits per heavy atom. The van der Waals surface area contributed by atoms with E-state index in [-0.39, 0.29) is 51.4 Å². The fraction of sp³-hybridized carbons (Fsp3) is 0.941. The van der Waals surface area contributed by atoms with Crippen LogP contribution >= 0.6 is 0 Å². The summed E-state index contributed by atoms with van der Waals surface area (Å²) < 4.78 is 4.35. The first-order chi connectivity index (χ1) is 9.77. The van der Waals surface area contributed by atoms with Crippen LogP contribution in [-0.4, -0.2) is 12.8 Å². The van der Waals surface area contributed by atoms with Crippen molar-refractivity contribution in [2.45, 2.75) is 96.8 Å². The van der Waals surface area contributed by atoms with Crippen LogP contribution in [0.25, 0.3) is 0 Å². The summed E-state index contributed by atoms with van der Waals surface area (Å²) >= 11 is 0. The first kappa shape index (κ1) is 24.2. The van der Waals surface area contributed by atoms with Gasteiger partial charge in [-0.3, -0.25) is 0 Å². The van der Waals surface area contributed by atoms with Gasteiger partial charge in [0.25, 0.3) is 6.16 Å². The third-order valence-corrected chi connectivity index (χ3v) is 3.72. The maximum Gasteiger partial charge on any atom is 1.00 e. The number of carbonyl (C=O) groups excluding carboxylic acids is 1. The Bertz CT molecular complexity index is 210. The van der Waals surface area contributed by atoms with Gasteiger partial charge in [0.15, 0.2) is 0 Å². The maximum absolute atomic E-state index is 10.00. The van der Waals surface area contributed by atoms with Gasteiger partial charge in [0.1, 0.15) is 0 Å². The Morgan fingerprint density at radius 2 is 1.05 bits per heavy atom. The average molecular weight is 325 g/mol. The molecule has 0 saturated heterocycles. The summed E-state index contributed by atoms with van der Waals surface area (Å²) in [4.78, 5) is 10.00. The Kier molecular flexibility index (Phi) is 24.1. The smallest absolute Gasteiger partial charge is 0.550 e. The predicted molar refractivity (Wildman–Crippen MR) is 81.7 cm³/mol. The molecule has 0 aliphatic carbocycles. The summed E-state index contributed by atoms with van der Waals surface area (Å²) in [6.07, 6.45) is 16.8. The van der Waals surface area contributed by atoms with Crippen molar-refractivity contribution in [2.75, 3.05) is 6.61 Å². The molecule has 0 fully saturated rings. The number of carboxylic acid groups (broad SMARTS) is 1. The minimum Gasteiger partial charge on any atom is -0.550 e. The van der Waals surface area contributed by atoms with Gasteiger partial charge in [-0.1, -0.05) is 90.4 Å². The van der Waals surface area contributed by atoms with Crippen molar-refractivity contribution >= 4 is 6.16 Å². The van der Waals surface area contributed by atoms with Crippen LogP contribution in [0.2, 0.25) is 0 Å². The van der Waals surface area contributed by atoms with Crippen molar-refractivity contribution in [3.8, 4) is 0 Å². The zero-order chi connectivity index (χ0) is 14.9. The van der Waals surface area contributed by atoms with Gasteiger partial charge in [0.2, 0.25) is 0 Å². The summed E-state index contributed by atoms with van der Waals surface area (Å²) in [6.45, 7) is 2.55. The van der Waals surface area contributed by atoms with E-state index in [1.54, 1.807) is 0 Å². The molecule has 21 heavy (non-hydrogen) atoms. The van der Waals surface area contributed by atoms with Gasteiger partial charge in [0, 0.05) is 6.61 Å². The van der Waals surface area contributed by atoms with E-state index in [4.69, 9.17) is 0 Å². The van der Waals surface area contributed by atoms with Crippen molar-refractivity contribution in [3.05, 3.63) is 0 Å². The molecule has 4 heteroatoms. The van der Waals surface area contributed by atoms with Crippen LogP contribution in [0.1, 0.15) is 96.8 Å². The summed E-state index contributed by atoms with van der Waals surface area (Å²) in [5, 5.41) is 10.00. The van der Waals surface area contributed by atoms with Crippen LogP contribution in [0.4, 0.5) is 4.79 Å². The molecule has 0 saturated carbocycles. The zero-order valence-corrected chi connectivity index (χ0v) is 17.5. The van der Waals surface area contributed by atoms with Crippen molar-refractivity contribution in [3.63, 3.8) is 0 Å². The minimum absolute atomic E-state index is 0. The second-order valence-electron chi connectivity index (χ2n) is 5.69. The van der Waals surface area contributed by atoms with Crippen molar-refractivity contribution in [1.29, 1.82) is 0 Å². The number of rotatable bonds is 15. The van der Waals surface area contributed by atoms with Crippen LogP contribution in [-0.2, 0) is 4.74 Å². The van der Waals surface area contributed by atoms with Crippen molar-refractivity contribution < 1.29 is 66.0 Å². The van der Waals surface area contributed by atoms with Gasteiger partial charge in [-0.25, -0.2) is 0 Å². The molecule has 0 spiro atoms. The second kappa shape index (κ2) is 20.9. The first-order valence-corrected chi connectivity index (χ1v) is 8.61. The van der Waals surface area contributed by atoms with E-state index >= 15 is 0 Å². The molecule has 0 heterocycles. The van der Waals surface area contributed by atoms with Gasteiger partial charge in [0.05, 0.1) is 0 Å². The number of unbranched alkanes of at least 4 members (excludes halogenated alkanes) is 13. The van der Waals surface area contributed by atoms with E-state index in [0.29, 0.717) is 6.61 Å². The molecule has 0 N–H and O–H groups in total. The molecular formula is C17H33KO3. The molecule has 0 unspecified atom stereocenters.